The molecule has 0 aliphatic heterocycles. The fourth-order valence-electron chi connectivity index (χ4n) is 1.17. The third-order valence-corrected chi connectivity index (χ3v) is 2.08. The van der Waals surface area contributed by atoms with Crippen molar-refractivity contribution >= 4 is 5.91 Å². The van der Waals surface area contributed by atoms with Crippen molar-refractivity contribution in [3.63, 3.8) is 0 Å². The van der Waals surface area contributed by atoms with Crippen molar-refractivity contribution in [2.75, 3.05) is 0 Å². The molecule has 0 saturated heterocycles. The highest BCUT2D eigenvalue weighted by Crippen LogP contribution is 2.12. The van der Waals surface area contributed by atoms with E-state index in [1.807, 2.05) is 44.6 Å². The van der Waals surface area contributed by atoms with Crippen LogP contribution in [0.5, 0.6) is 0 Å². The zero-order valence-electron chi connectivity index (χ0n) is 9.82. The van der Waals surface area contributed by atoms with Gasteiger partial charge < -0.3 is 5.32 Å². The van der Waals surface area contributed by atoms with E-state index in [1.54, 1.807) is 6.20 Å². The molecule has 0 aliphatic carbocycles. The second-order valence-corrected chi connectivity index (χ2v) is 4.85. The molecule has 0 spiro atoms. The van der Waals surface area contributed by atoms with Gasteiger partial charge in [-0.25, -0.2) is 0 Å². The average Bonchev–Trinajstić information content (AvgIpc) is 2.54. The molecule has 1 rings (SSSR count). The van der Waals surface area contributed by atoms with Gasteiger partial charge in [0, 0.05) is 23.9 Å². The van der Waals surface area contributed by atoms with E-state index in [9.17, 15) is 4.79 Å². The lowest BCUT2D eigenvalue weighted by Crippen LogP contribution is -2.42. The minimum atomic E-state index is -0.335. The van der Waals surface area contributed by atoms with E-state index in [0.717, 1.165) is 0 Å². The largest absolute Gasteiger partial charge is 0.351 e. The van der Waals surface area contributed by atoms with E-state index < -0.39 is 0 Å². The number of amides is 1. The van der Waals surface area contributed by atoms with Gasteiger partial charge in [0.1, 0.15) is 0 Å². The summed E-state index contributed by atoms with van der Waals surface area (Å²) in [4.78, 5) is 11.7. The van der Waals surface area contributed by atoms with Gasteiger partial charge >= 0.3 is 0 Å². The number of hydrogen-bond acceptors (Lipinski definition) is 2. The summed E-state index contributed by atoms with van der Waals surface area (Å²) in [5.74, 6) is 0.0714. The Labute approximate surface area is 90.7 Å². The number of carbonyl (C=O) groups excluding carboxylic acids is 1. The van der Waals surface area contributed by atoms with Gasteiger partial charge in [-0.1, -0.05) is 20.8 Å². The molecular formula is C11H19N3O. The molecular weight excluding hydrogens is 190 g/mol. The monoisotopic (exact) mass is 209 g/mol. The SMILES string of the molecule is C[C@@H](Cn1cccn1)NC(=O)C(C)(C)C. The van der Waals surface area contributed by atoms with Crippen LogP contribution in [0.1, 0.15) is 27.7 Å². The number of nitrogens with one attached hydrogen (secondary N) is 1. The van der Waals surface area contributed by atoms with Crippen LogP contribution in [0.3, 0.4) is 0 Å². The van der Waals surface area contributed by atoms with Crippen molar-refractivity contribution in [3.8, 4) is 0 Å². The molecule has 1 aromatic rings. The molecule has 0 aliphatic rings. The highest BCUT2D eigenvalue weighted by molar-refractivity contribution is 5.81. The molecule has 4 nitrogen and oxygen atoms in total. The predicted octanol–water partition coefficient (Wildman–Crippen LogP) is 1.43. The number of rotatable bonds is 3. The molecule has 0 fully saturated rings. The quantitative estimate of drug-likeness (QED) is 0.818. The smallest absolute Gasteiger partial charge is 0.225 e. The van der Waals surface area contributed by atoms with Crippen LogP contribution >= 0.6 is 0 Å². The number of nitrogens with zero attached hydrogens (tertiary/aromatic N) is 2. The minimum absolute atomic E-state index is 0.0714. The summed E-state index contributed by atoms with van der Waals surface area (Å²) in [6.45, 7) is 8.40. The van der Waals surface area contributed by atoms with Crippen LogP contribution in [0.2, 0.25) is 0 Å². The van der Waals surface area contributed by atoms with Crippen LogP contribution in [0.15, 0.2) is 18.5 Å². The van der Waals surface area contributed by atoms with Crippen molar-refractivity contribution < 1.29 is 4.79 Å². The lowest BCUT2D eigenvalue weighted by Gasteiger charge is -2.21. The third-order valence-electron chi connectivity index (χ3n) is 2.08. The highest BCUT2D eigenvalue weighted by atomic mass is 16.2. The molecule has 0 bridgehead atoms. The van der Waals surface area contributed by atoms with E-state index >= 15 is 0 Å². The van der Waals surface area contributed by atoms with Gasteiger partial charge in [-0.05, 0) is 13.0 Å². The first-order valence-corrected chi connectivity index (χ1v) is 5.18. The second kappa shape index (κ2) is 4.47. The van der Waals surface area contributed by atoms with E-state index in [1.165, 1.54) is 0 Å². The van der Waals surface area contributed by atoms with Crippen LogP contribution in [-0.2, 0) is 11.3 Å². The summed E-state index contributed by atoms with van der Waals surface area (Å²) in [5.41, 5.74) is -0.335. The van der Waals surface area contributed by atoms with Crippen LogP contribution < -0.4 is 5.32 Å². The first-order chi connectivity index (χ1) is 6.89. The zero-order valence-corrected chi connectivity index (χ0v) is 9.82. The topological polar surface area (TPSA) is 46.9 Å². The van der Waals surface area contributed by atoms with Gasteiger partial charge in [0.05, 0.1) is 6.54 Å². The summed E-state index contributed by atoms with van der Waals surface area (Å²) in [5, 5.41) is 7.05. The van der Waals surface area contributed by atoms with Crippen LogP contribution in [0.25, 0.3) is 0 Å². The van der Waals surface area contributed by atoms with Crippen molar-refractivity contribution in [2.24, 2.45) is 5.41 Å². The van der Waals surface area contributed by atoms with Gasteiger partial charge in [-0.15, -0.1) is 0 Å². The van der Waals surface area contributed by atoms with Crippen LogP contribution in [0.4, 0.5) is 0 Å². The van der Waals surface area contributed by atoms with Crippen molar-refractivity contribution in [3.05, 3.63) is 18.5 Å². The first-order valence-electron chi connectivity index (χ1n) is 5.18. The number of aromatic nitrogens is 2. The van der Waals surface area contributed by atoms with Crippen molar-refractivity contribution in [1.82, 2.24) is 15.1 Å². The Balaban J connectivity index is 2.43. The standard InChI is InChI=1S/C11H19N3O/c1-9(8-14-7-5-6-12-14)13-10(15)11(2,3)4/h5-7,9H,8H2,1-4H3,(H,13,15)/t9-/m0/s1. The van der Waals surface area contributed by atoms with Crippen molar-refractivity contribution in [2.45, 2.75) is 40.3 Å². The van der Waals surface area contributed by atoms with Crippen LogP contribution in [0, 0.1) is 5.41 Å². The molecule has 1 aromatic heterocycles. The predicted molar refractivity (Wildman–Crippen MR) is 59.3 cm³/mol. The average molecular weight is 209 g/mol. The number of hydrogen-bond donors (Lipinski definition) is 1. The first kappa shape index (κ1) is 11.8. The molecule has 0 radical (unpaired) electrons. The normalized spacial score (nSPS) is 13.6. The Hall–Kier alpha value is -1.32. The van der Waals surface area contributed by atoms with E-state index in [4.69, 9.17) is 0 Å². The molecule has 15 heavy (non-hydrogen) atoms. The Morgan fingerprint density at radius 3 is 2.67 bits per heavy atom. The summed E-state index contributed by atoms with van der Waals surface area (Å²) < 4.78 is 1.81. The molecule has 1 heterocycles. The molecule has 1 N–H and O–H groups in total. The van der Waals surface area contributed by atoms with Gasteiger partial charge in [0.15, 0.2) is 0 Å². The lowest BCUT2D eigenvalue weighted by atomic mass is 9.95. The summed E-state index contributed by atoms with van der Waals surface area (Å²) in [7, 11) is 0. The lowest BCUT2D eigenvalue weighted by molar-refractivity contribution is -0.129. The maximum Gasteiger partial charge on any atom is 0.225 e. The van der Waals surface area contributed by atoms with Gasteiger partial charge in [-0.3, -0.25) is 9.48 Å². The Morgan fingerprint density at radius 2 is 2.20 bits per heavy atom. The van der Waals surface area contributed by atoms with Gasteiger partial charge in [0.25, 0.3) is 0 Å². The summed E-state index contributed by atoms with van der Waals surface area (Å²) in [6.07, 6.45) is 3.62. The fraction of sp³-hybridized carbons (Fsp3) is 0.636. The van der Waals surface area contributed by atoms with Gasteiger partial charge in [-0.2, -0.15) is 5.10 Å². The van der Waals surface area contributed by atoms with E-state index in [-0.39, 0.29) is 17.4 Å². The van der Waals surface area contributed by atoms with E-state index in [0.29, 0.717) is 6.54 Å². The maximum atomic E-state index is 11.7. The van der Waals surface area contributed by atoms with E-state index in [2.05, 4.69) is 10.4 Å². The molecule has 0 aromatic carbocycles. The Morgan fingerprint density at radius 1 is 1.53 bits per heavy atom. The molecule has 4 heteroatoms. The molecule has 84 valence electrons. The number of carbonyl (C=O) groups is 1. The van der Waals surface area contributed by atoms with Crippen LogP contribution in [-0.4, -0.2) is 21.7 Å². The molecule has 0 unspecified atom stereocenters. The highest BCUT2D eigenvalue weighted by Gasteiger charge is 2.22. The maximum absolute atomic E-state index is 11.7. The Kier molecular flexibility index (Phi) is 3.50. The Bertz CT molecular complexity index is 311. The third kappa shape index (κ3) is 3.73. The molecule has 1 amide bonds. The zero-order chi connectivity index (χ0) is 11.5. The second-order valence-electron chi connectivity index (χ2n) is 4.85. The minimum Gasteiger partial charge on any atom is -0.351 e. The summed E-state index contributed by atoms with van der Waals surface area (Å²) in [6, 6.07) is 1.97. The molecule has 1 atom stereocenters. The van der Waals surface area contributed by atoms with Crippen molar-refractivity contribution in [1.29, 1.82) is 0 Å². The molecule has 0 saturated carbocycles. The fourth-order valence-corrected chi connectivity index (χ4v) is 1.17. The summed E-state index contributed by atoms with van der Waals surface area (Å²) >= 11 is 0. The van der Waals surface area contributed by atoms with Gasteiger partial charge in [0.2, 0.25) is 5.91 Å².